The van der Waals surface area contributed by atoms with Crippen LogP contribution in [-0.4, -0.2) is 34.3 Å². The summed E-state index contributed by atoms with van der Waals surface area (Å²) in [5.41, 5.74) is 3.90. The number of benzene rings is 1. The summed E-state index contributed by atoms with van der Waals surface area (Å²) in [6.45, 7) is 3.58. The molecule has 0 saturated carbocycles. The molecule has 0 aliphatic rings. The lowest BCUT2D eigenvalue weighted by molar-refractivity contribution is -0.114. The molecular formula is C20H16Cl2N6O4. The van der Waals surface area contributed by atoms with Crippen LogP contribution < -0.4 is 15.5 Å². The molecule has 12 heteroatoms. The third-order valence-electron chi connectivity index (χ3n) is 4.04. The van der Waals surface area contributed by atoms with Crippen molar-refractivity contribution in [2.45, 2.75) is 13.8 Å². The highest BCUT2D eigenvalue weighted by Crippen LogP contribution is 2.39. The zero-order chi connectivity index (χ0) is 23.3. The summed E-state index contributed by atoms with van der Waals surface area (Å²) in [7, 11) is 0. The average molecular weight is 475 g/mol. The van der Waals surface area contributed by atoms with Crippen molar-refractivity contribution in [3.8, 4) is 17.6 Å². The molecule has 0 bridgehead atoms. The molecular weight excluding hydrogens is 459 g/mol. The first-order valence-electron chi connectivity index (χ1n) is 9.15. The number of imide groups is 1. The molecule has 3 N–H and O–H groups in total. The number of pyridine rings is 1. The SMILES string of the molecule is CCOC(=O)NC(=O)/C(C#N)=N\Nc1cc(Cl)c(Oc2cnc3[nH]cc(C)c3c2)c(Cl)c1. The smallest absolute Gasteiger partial charge is 0.414 e. The highest BCUT2D eigenvalue weighted by molar-refractivity contribution is 6.47. The number of H-pyrrole nitrogens is 1. The van der Waals surface area contributed by atoms with Crippen LogP contribution in [0.3, 0.4) is 0 Å². The molecule has 32 heavy (non-hydrogen) atoms. The number of aryl methyl sites for hydroxylation is 1. The molecule has 0 spiro atoms. The molecule has 0 aliphatic carbocycles. The first-order valence-corrected chi connectivity index (χ1v) is 9.90. The summed E-state index contributed by atoms with van der Waals surface area (Å²) < 4.78 is 10.4. The van der Waals surface area contributed by atoms with E-state index in [1.807, 2.05) is 18.4 Å². The topological polar surface area (TPSA) is 141 Å². The van der Waals surface area contributed by atoms with Crippen LogP contribution >= 0.6 is 23.2 Å². The molecule has 10 nitrogen and oxygen atoms in total. The number of halogens is 2. The second kappa shape index (κ2) is 10.00. The molecule has 0 saturated heterocycles. The number of alkyl carbamates (subject to hydrolysis) is 1. The molecule has 0 atom stereocenters. The number of carbonyl (C=O) groups is 2. The van der Waals surface area contributed by atoms with Crippen molar-refractivity contribution in [1.29, 1.82) is 5.26 Å². The number of hydrazone groups is 1. The van der Waals surface area contributed by atoms with E-state index in [4.69, 9.17) is 33.2 Å². The predicted molar refractivity (Wildman–Crippen MR) is 119 cm³/mol. The number of ether oxygens (including phenoxy) is 2. The zero-order valence-electron chi connectivity index (χ0n) is 16.8. The van der Waals surface area contributed by atoms with Crippen molar-refractivity contribution in [2.75, 3.05) is 12.0 Å². The lowest BCUT2D eigenvalue weighted by Crippen LogP contribution is -2.36. The number of nitrogens with zero attached hydrogens (tertiary/aromatic N) is 3. The van der Waals surface area contributed by atoms with Gasteiger partial charge in [0.25, 0.3) is 5.91 Å². The second-order valence-electron chi connectivity index (χ2n) is 6.27. The normalized spacial score (nSPS) is 11.0. The van der Waals surface area contributed by atoms with Gasteiger partial charge in [0.05, 0.1) is 28.5 Å². The largest absolute Gasteiger partial charge is 0.453 e. The Kier molecular flexibility index (Phi) is 7.14. The van der Waals surface area contributed by atoms with Crippen molar-refractivity contribution in [2.24, 2.45) is 5.10 Å². The summed E-state index contributed by atoms with van der Waals surface area (Å²) in [4.78, 5) is 30.5. The Morgan fingerprint density at radius 1 is 1.28 bits per heavy atom. The van der Waals surface area contributed by atoms with Crippen LogP contribution in [0.25, 0.3) is 11.0 Å². The van der Waals surface area contributed by atoms with Gasteiger partial charge in [-0.25, -0.2) is 9.78 Å². The van der Waals surface area contributed by atoms with Crippen molar-refractivity contribution < 1.29 is 19.1 Å². The van der Waals surface area contributed by atoms with E-state index >= 15 is 0 Å². The van der Waals surface area contributed by atoms with Crippen LogP contribution in [-0.2, 0) is 9.53 Å². The van der Waals surface area contributed by atoms with Crippen LogP contribution in [0.2, 0.25) is 10.0 Å². The Bertz CT molecular complexity index is 1240. The molecule has 3 rings (SSSR count). The lowest BCUT2D eigenvalue weighted by Gasteiger charge is -2.11. The number of hydrogen-bond acceptors (Lipinski definition) is 8. The van der Waals surface area contributed by atoms with Crippen molar-refractivity contribution in [1.82, 2.24) is 15.3 Å². The maximum Gasteiger partial charge on any atom is 0.414 e. The third-order valence-corrected chi connectivity index (χ3v) is 4.60. The van der Waals surface area contributed by atoms with Crippen molar-refractivity contribution >= 4 is 57.6 Å². The van der Waals surface area contributed by atoms with Gasteiger partial charge in [-0.3, -0.25) is 15.5 Å². The zero-order valence-corrected chi connectivity index (χ0v) is 18.3. The fourth-order valence-corrected chi connectivity index (χ4v) is 3.14. The lowest BCUT2D eigenvalue weighted by atomic mass is 10.2. The Labute approximate surface area is 192 Å². The van der Waals surface area contributed by atoms with E-state index in [-0.39, 0.29) is 28.1 Å². The van der Waals surface area contributed by atoms with Gasteiger partial charge in [-0.1, -0.05) is 23.2 Å². The maximum atomic E-state index is 11.9. The number of aromatic nitrogens is 2. The predicted octanol–water partition coefficient (Wildman–Crippen LogP) is 4.53. The number of nitriles is 1. The van der Waals surface area contributed by atoms with Gasteiger partial charge < -0.3 is 14.5 Å². The summed E-state index contributed by atoms with van der Waals surface area (Å²) in [5, 5.41) is 15.8. The number of aromatic amines is 1. The first kappa shape index (κ1) is 22.9. The molecule has 2 aromatic heterocycles. The van der Waals surface area contributed by atoms with Gasteiger partial charge in [0.15, 0.2) is 5.75 Å². The molecule has 2 heterocycles. The fourth-order valence-electron chi connectivity index (χ4n) is 2.58. The number of amides is 2. The maximum absolute atomic E-state index is 11.9. The molecule has 164 valence electrons. The van der Waals surface area contributed by atoms with E-state index in [1.165, 1.54) is 18.3 Å². The van der Waals surface area contributed by atoms with Crippen molar-refractivity contribution in [3.05, 3.63) is 46.2 Å². The molecule has 2 amide bonds. The summed E-state index contributed by atoms with van der Waals surface area (Å²) >= 11 is 12.6. The quantitative estimate of drug-likeness (QED) is 0.351. The Hall–Kier alpha value is -3.81. The van der Waals surface area contributed by atoms with E-state index in [9.17, 15) is 9.59 Å². The molecule has 0 fully saturated rings. The Balaban J connectivity index is 1.76. The molecule has 0 unspecified atom stereocenters. The van der Waals surface area contributed by atoms with Crippen LogP contribution in [0.15, 0.2) is 35.7 Å². The van der Waals surface area contributed by atoms with Crippen LogP contribution in [0, 0.1) is 18.3 Å². The van der Waals surface area contributed by atoms with Gasteiger partial charge in [0.2, 0.25) is 5.71 Å². The number of nitrogens with one attached hydrogen (secondary N) is 3. The summed E-state index contributed by atoms with van der Waals surface area (Å²) in [5.74, 6) is -0.401. The fraction of sp³-hybridized carbons (Fsp3) is 0.150. The van der Waals surface area contributed by atoms with Gasteiger partial charge in [-0.15, -0.1) is 0 Å². The minimum atomic E-state index is -1.03. The number of carbonyl (C=O) groups excluding carboxylic acids is 2. The number of rotatable bonds is 6. The highest BCUT2D eigenvalue weighted by Gasteiger charge is 2.16. The van der Waals surface area contributed by atoms with Gasteiger partial charge in [0, 0.05) is 11.6 Å². The molecule has 0 radical (unpaired) electrons. The molecule has 3 aromatic rings. The summed E-state index contributed by atoms with van der Waals surface area (Å²) in [6, 6.07) is 6.27. The van der Waals surface area contributed by atoms with E-state index in [1.54, 1.807) is 19.1 Å². The van der Waals surface area contributed by atoms with E-state index in [2.05, 4.69) is 25.2 Å². The molecule has 0 aliphatic heterocycles. The molecule has 1 aromatic carbocycles. The average Bonchev–Trinajstić information content (AvgIpc) is 3.11. The van der Waals surface area contributed by atoms with Gasteiger partial charge in [-0.2, -0.15) is 10.4 Å². The minimum Gasteiger partial charge on any atom is -0.453 e. The second-order valence-corrected chi connectivity index (χ2v) is 7.08. The summed E-state index contributed by atoms with van der Waals surface area (Å²) in [6.07, 6.45) is 2.38. The van der Waals surface area contributed by atoms with Crippen LogP contribution in [0.5, 0.6) is 11.5 Å². The van der Waals surface area contributed by atoms with E-state index in [0.29, 0.717) is 5.75 Å². The monoisotopic (exact) mass is 474 g/mol. The third kappa shape index (κ3) is 5.26. The van der Waals surface area contributed by atoms with Gasteiger partial charge >= 0.3 is 6.09 Å². The van der Waals surface area contributed by atoms with Crippen LogP contribution in [0.4, 0.5) is 10.5 Å². The first-order chi connectivity index (χ1) is 15.3. The minimum absolute atomic E-state index is 0.0660. The van der Waals surface area contributed by atoms with E-state index in [0.717, 1.165) is 16.6 Å². The Morgan fingerprint density at radius 3 is 2.66 bits per heavy atom. The number of anilines is 1. The van der Waals surface area contributed by atoms with Crippen molar-refractivity contribution in [3.63, 3.8) is 0 Å². The number of fused-ring (bicyclic) bond motifs is 1. The van der Waals surface area contributed by atoms with Gasteiger partial charge in [-0.05, 0) is 37.6 Å². The number of hydrogen-bond donors (Lipinski definition) is 3. The van der Waals surface area contributed by atoms with Crippen LogP contribution in [0.1, 0.15) is 12.5 Å². The van der Waals surface area contributed by atoms with E-state index < -0.39 is 17.7 Å². The Morgan fingerprint density at radius 2 is 2.00 bits per heavy atom. The van der Waals surface area contributed by atoms with Gasteiger partial charge in [0.1, 0.15) is 17.5 Å². The highest BCUT2D eigenvalue weighted by atomic mass is 35.5. The standard InChI is InChI=1S/C20H16Cl2N6O4/c1-3-31-20(30)26-19(29)16(7-23)28-27-11-4-14(21)17(15(22)5-11)32-12-6-13-10(2)8-24-18(13)25-9-12/h4-6,8-9,27H,3H2,1-2H3,(H,24,25)(H,26,29,30)/b28-16-.